The molecule has 1 N–H and O–H groups in total. The maximum atomic E-state index is 13.3. The molecular formula is C18H27ClN2O2. The van der Waals surface area contributed by atoms with Crippen LogP contribution >= 0.6 is 12.4 Å². The van der Waals surface area contributed by atoms with Gasteiger partial charge in [0.2, 0.25) is 5.91 Å². The van der Waals surface area contributed by atoms with E-state index in [1.165, 1.54) is 0 Å². The predicted octanol–water partition coefficient (Wildman–Crippen LogP) is 2.75. The van der Waals surface area contributed by atoms with Gasteiger partial charge in [-0.2, -0.15) is 0 Å². The number of hydrogen-bond donors (Lipinski definition) is 1. The number of benzene rings is 1. The van der Waals surface area contributed by atoms with Crippen molar-refractivity contribution < 1.29 is 9.53 Å². The van der Waals surface area contributed by atoms with Crippen molar-refractivity contribution in [2.24, 2.45) is 0 Å². The molecule has 2 aliphatic rings. The van der Waals surface area contributed by atoms with Gasteiger partial charge in [-0.05, 0) is 43.5 Å². The second-order valence-electron chi connectivity index (χ2n) is 6.58. The highest BCUT2D eigenvalue weighted by Crippen LogP contribution is 2.43. The van der Waals surface area contributed by atoms with Gasteiger partial charge < -0.3 is 15.0 Å². The SMILES string of the molecule is COc1cccc(C2(C(=O)N(C)C3CCNC3)CCCC2)c1.Cl. The van der Waals surface area contributed by atoms with Gasteiger partial charge in [0, 0.05) is 19.6 Å². The lowest BCUT2D eigenvalue weighted by Gasteiger charge is -2.35. The first-order valence-electron chi connectivity index (χ1n) is 8.30. The van der Waals surface area contributed by atoms with Gasteiger partial charge in [-0.1, -0.05) is 25.0 Å². The third-order valence-electron chi connectivity index (χ3n) is 5.39. The second-order valence-corrected chi connectivity index (χ2v) is 6.58. The standard InChI is InChI=1S/C18H26N2O2.ClH/c1-20(15-8-11-19-13-15)17(21)18(9-3-4-10-18)14-6-5-7-16(12-14)22-2;/h5-7,12,15,19H,3-4,8-11,13H2,1-2H3;1H. The van der Waals surface area contributed by atoms with Crippen LogP contribution in [0.5, 0.6) is 5.75 Å². The van der Waals surface area contributed by atoms with Gasteiger partial charge in [0.15, 0.2) is 0 Å². The molecule has 3 rings (SSSR count). The predicted molar refractivity (Wildman–Crippen MR) is 94.4 cm³/mol. The zero-order chi connectivity index (χ0) is 15.6. The van der Waals surface area contributed by atoms with Gasteiger partial charge >= 0.3 is 0 Å². The monoisotopic (exact) mass is 338 g/mol. The van der Waals surface area contributed by atoms with E-state index >= 15 is 0 Å². The highest BCUT2D eigenvalue weighted by Gasteiger charge is 2.45. The maximum Gasteiger partial charge on any atom is 0.233 e. The minimum atomic E-state index is -0.355. The van der Waals surface area contributed by atoms with Gasteiger partial charge in [0.05, 0.1) is 12.5 Å². The van der Waals surface area contributed by atoms with Crippen LogP contribution in [0.2, 0.25) is 0 Å². The molecule has 1 saturated carbocycles. The van der Waals surface area contributed by atoms with Crippen molar-refractivity contribution in [3.8, 4) is 5.75 Å². The number of amides is 1. The molecule has 0 spiro atoms. The smallest absolute Gasteiger partial charge is 0.233 e. The lowest BCUT2D eigenvalue weighted by atomic mass is 9.77. The van der Waals surface area contributed by atoms with Gasteiger partial charge in [0.1, 0.15) is 5.75 Å². The maximum absolute atomic E-state index is 13.3. The van der Waals surface area contributed by atoms with Crippen molar-refractivity contribution in [2.45, 2.75) is 43.6 Å². The fourth-order valence-corrected chi connectivity index (χ4v) is 4.00. The van der Waals surface area contributed by atoms with Crippen LogP contribution in [0.3, 0.4) is 0 Å². The van der Waals surface area contributed by atoms with Crippen LogP contribution in [0.25, 0.3) is 0 Å². The molecule has 23 heavy (non-hydrogen) atoms. The van der Waals surface area contributed by atoms with Crippen molar-refractivity contribution in [1.29, 1.82) is 0 Å². The molecule has 5 heteroatoms. The lowest BCUT2D eigenvalue weighted by molar-refractivity contribution is -0.137. The Hall–Kier alpha value is -1.26. The Morgan fingerprint density at radius 2 is 2.09 bits per heavy atom. The number of carbonyl (C=O) groups is 1. The Morgan fingerprint density at radius 1 is 1.35 bits per heavy atom. The summed E-state index contributed by atoms with van der Waals surface area (Å²) >= 11 is 0. The van der Waals surface area contributed by atoms with Gasteiger partial charge in [-0.15, -0.1) is 12.4 Å². The van der Waals surface area contributed by atoms with E-state index in [0.717, 1.165) is 56.5 Å². The summed E-state index contributed by atoms with van der Waals surface area (Å²) < 4.78 is 5.36. The number of nitrogens with one attached hydrogen (secondary N) is 1. The fraction of sp³-hybridized carbons (Fsp3) is 0.611. The Labute approximate surface area is 145 Å². The van der Waals surface area contributed by atoms with E-state index in [2.05, 4.69) is 11.4 Å². The molecule has 1 unspecified atom stereocenters. The Morgan fingerprint density at radius 3 is 2.70 bits per heavy atom. The molecule has 1 aliphatic heterocycles. The molecule has 1 amide bonds. The number of halogens is 1. The molecule has 1 aromatic carbocycles. The van der Waals surface area contributed by atoms with E-state index in [1.807, 2.05) is 30.1 Å². The van der Waals surface area contributed by atoms with E-state index in [4.69, 9.17) is 4.74 Å². The lowest BCUT2D eigenvalue weighted by Crippen LogP contribution is -2.48. The second kappa shape index (κ2) is 7.54. The highest BCUT2D eigenvalue weighted by molar-refractivity contribution is 5.89. The summed E-state index contributed by atoms with van der Waals surface area (Å²) in [5.41, 5.74) is 0.762. The molecule has 1 aliphatic carbocycles. The number of hydrogen-bond acceptors (Lipinski definition) is 3. The topological polar surface area (TPSA) is 41.6 Å². The van der Waals surface area contributed by atoms with Crippen LogP contribution in [-0.2, 0) is 10.2 Å². The normalized spacial score (nSPS) is 22.4. The summed E-state index contributed by atoms with van der Waals surface area (Å²) in [7, 11) is 3.65. The summed E-state index contributed by atoms with van der Waals surface area (Å²) in [6.07, 6.45) is 5.20. The van der Waals surface area contributed by atoms with Crippen LogP contribution in [-0.4, -0.2) is 44.1 Å². The molecule has 1 atom stereocenters. The van der Waals surface area contributed by atoms with Crippen LogP contribution in [0.4, 0.5) is 0 Å². The van der Waals surface area contributed by atoms with E-state index in [-0.39, 0.29) is 23.7 Å². The quantitative estimate of drug-likeness (QED) is 0.917. The third-order valence-corrected chi connectivity index (χ3v) is 5.39. The molecule has 128 valence electrons. The Bertz CT molecular complexity index is 538. The summed E-state index contributed by atoms with van der Waals surface area (Å²) in [6.45, 7) is 1.92. The minimum Gasteiger partial charge on any atom is -0.497 e. The molecule has 1 aromatic rings. The first-order chi connectivity index (χ1) is 10.7. The molecule has 1 saturated heterocycles. The minimum absolute atomic E-state index is 0. The van der Waals surface area contributed by atoms with Gasteiger partial charge in [-0.3, -0.25) is 4.79 Å². The zero-order valence-electron chi connectivity index (χ0n) is 14.0. The van der Waals surface area contributed by atoms with E-state index in [0.29, 0.717) is 6.04 Å². The molecular weight excluding hydrogens is 312 g/mol. The van der Waals surface area contributed by atoms with Gasteiger partial charge in [0.25, 0.3) is 0 Å². The van der Waals surface area contributed by atoms with Crippen LogP contribution in [0, 0.1) is 0 Å². The number of rotatable bonds is 4. The van der Waals surface area contributed by atoms with E-state index < -0.39 is 0 Å². The Balaban J connectivity index is 0.00000192. The average molecular weight is 339 g/mol. The highest BCUT2D eigenvalue weighted by atomic mass is 35.5. The van der Waals surface area contributed by atoms with E-state index in [9.17, 15) is 4.79 Å². The number of likely N-dealkylation sites (N-methyl/N-ethyl adjacent to an activating group) is 1. The van der Waals surface area contributed by atoms with E-state index in [1.54, 1.807) is 7.11 Å². The van der Waals surface area contributed by atoms with Crippen molar-refractivity contribution in [1.82, 2.24) is 10.2 Å². The van der Waals surface area contributed by atoms with Gasteiger partial charge in [-0.25, -0.2) is 0 Å². The average Bonchev–Trinajstić information content (AvgIpc) is 3.25. The molecule has 0 radical (unpaired) electrons. The molecule has 0 bridgehead atoms. The molecule has 0 aromatic heterocycles. The van der Waals surface area contributed by atoms with Crippen LogP contribution in [0.1, 0.15) is 37.7 Å². The van der Waals surface area contributed by atoms with Crippen LogP contribution in [0.15, 0.2) is 24.3 Å². The van der Waals surface area contributed by atoms with Crippen molar-refractivity contribution >= 4 is 18.3 Å². The fourth-order valence-electron chi connectivity index (χ4n) is 4.00. The number of carbonyl (C=O) groups excluding carboxylic acids is 1. The molecule has 2 fully saturated rings. The number of nitrogens with zero attached hydrogens (tertiary/aromatic N) is 1. The molecule has 1 heterocycles. The summed E-state index contributed by atoms with van der Waals surface area (Å²) in [5.74, 6) is 1.12. The number of ether oxygens (including phenoxy) is 1. The zero-order valence-corrected chi connectivity index (χ0v) is 14.8. The molecule has 4 nitrogen and oxygen atoms in total. The first-order valence-corrected chi connectivity index (χ1v) is 8.30. The summed E-state index contributed by atoms with van der Waals surface area (Å²) in [6, 6.07) is 8.41. The van der Waals surface area contributed by atoms with Crippen molar-refractivity contribution in [3.05, 3.63) is 29.8 Å². The van der Waals surface area contributed by atoms with Crippen molar-refractivity contribution in [3.63, 3.8) is 0 Å². The third kappa shape index (κ3) is 3.33. The largest absolute Gasteiger partial charge is 0.497 e. The first kappa shape index (κ1) is 18.1. The summed E-state index contributed by atoms with van der Waals surface area (Å²) in [5, 5.41) is 3.36. The number of methoxy groups -OCH3 is 1. The van der Waals surface area contributed by atoms with Crippen LogP contribution < -0.4 is 10.1 Å². The van der Waals surface area contributed by atoms with Crippen molar-refractivity contribution in [2.75, 3.05) is 27.2 Å². The summed E-state index contributed by atoms with van der Waals surface area (Å²) in [4.78, 5) is 15.3. The Kier molecular flexibility index (Phi) is 5.93.